The van der Waals surface area contributed by atoms with Gasteiger partial charge in [0.1, 0.15) is 0 Å². The Labute approximate surface area is 125 Å². The van der Waals surface area contributed by atoms with Crippen molar-refractivity contribution in [1.82, 2.24) is 0 Å². The van der Waals surface area contributed by atoms with Gasteiger partial charge in [0, 0.05) is 10.7 Å². The molecule has 1 nitrogen and oxygen atoms in total. The molecule has 1 aromatic rings. The second kappa shape index (κ2) is 6.85. The summed E-state index contributed by atoms with van der Waals surface area (Å²) in [5.74, 6) is 0. The first-order valence-electron chi connectivity index (χ1n) is 4.36. The minimum atomic E-state index is 0.0531. The molecule has 0 aromatic heterocycles. The van der Waals surface area contributed by atoms with Crippen molar-refractivity contribution in [1.29, 1.82) is 0 Å². The molecule has 4 heteroatoms. The summed E-state index contributed by atoms with van der Waals surface area (Å²) >= 11 is 7.08. The van der Waals surface area contributed by atoms with Crippen molar-refractivity contribution in [3.8, 4) is 0 Å². The van der Waals surface area contributed by atoms with Crippen LogP contribution in [0, 0.1) is 10.7 Å². The lowest BCUT2D eigenvalue weighted by Crippen LogP contribution is -1.96. The van der Waals surface area contributed by atoms with E-state index in [9.17, 15) is 5.11 Å². The zero-order valence-corrected chi connectivity index (χ0v) is 14.0. The average molecular weight is 527 g/mol. The van der Waals surface area contributed by atoms with Crippen LogP contribution in [0.3, 0.4) is 0 Å². The first-order valence-corrected chi connectivity index (χ1v) is 7.60. The van der Waals surface area contributed by atoms with Crippen LogP contribution in [0.15, 0.2) is 12.1 Å². The smallest absolute Gasteiger partial charge is 0.0822 e. The van der Waals surface area contributed by atoms with Crippen LogP contribution in [0.25, 0.3) is 0 Å². The maximum Gasteiger partial charge on any atom is 0.0822 e. The SMILES string of the molecule is [O]CCCCc1c(I)cc(I)cc1I. The fourth-order valence-corrected chi connectivity index (χ4v) is 5.34. The van der Waals surface area contributed by atoms with Crippen LogP contribution >= 0.6 is 67.8 Å². The van der Waals surface area contributed by atoms with Gasteiger partial charge in [0.25, 0.3) is 0 Å². The third-order valence-electron chi connectivity index (χ3n) is 1.93. The van der Waals surface area contributed by atoms with Crippen LogP contribution in [-0.4, -0.2) is 6.61 Å². The maximum atomic E-state index is 10.3. The van der Waals surface area contributed by atoms with E-state index in [1.807, 2.05) is 0 Å². The Morgan fingerprint density at radius 3 is 2.07 bits per heavy atom. The van der Waals surface area contributed by atoms with Gasteiger partial charge in [-0.2, -0.15) is 0 Å². The van der Waals surface area contributed by atoms with E-state index in [4.69, 9.17) is 0 Å². The standard InChI is InChI=1S/C10H10I3O/c11-7-5-9(12)8(10(13)6-7)3-1-2-4-14/h5-6H,1-4H2. The Balaban J connectivity index is 2.75. The van der Waals surface area contributed by atoms with Crippen molar-refractivity contribution in [2.45, 2.75) is 19.3 Å². The molecule has 0 saturated carbocycles. The van der Waals surface area contributed by atoms with Crippen LogP contribution in [0.2, 0.25) is 0 Å². The fraction of sp³-hybridized carbons (Fsp3) is 0.400. The van der Waals surface area contributed by atoms with Gasteiger partial charge in [0.15, 0.2) is 0 Å². The molecule has 1 aromatic carbocycles. The summed E-state index contributed by atoms with van der Waals surface area (Å²) in [6.07, 6.45) is 2.84. The molecule has 1 radical (unpaired) electrons. The quantitative estimate of drug-likeness (QED) is 0.413. The van der Waals surface area contributed by atoms with E-state index in [-0.39, 0.29) is 6.61 Å². The number of hydrogen-bond donors (Lipinski definition) is 0. The van der Waals surface area contributed by atoms with E-state index in [0.29, 0.717) is 0 Å². The molecule has 0 N–H and O–H groups in total. The van der Waals surface area contributed by atoms with Crippen LogP contribution in [0.1, 0.15) is 18.4 Å². The van der Waals surface area contributed by atoms with Crippen molar-refractivity contribution < 1.29 is 5.11 Å². The molecule has 0 aliphatic rings. The summed E-state index contributed by atoms with van der Waals surface area (Å²) < 4.78 is 3.93. The average Bonchev–Trinajstić information content (AvgIpc) is 2.09. The third-order valence-corrected chi connectivity index (χ3v) is 4.47. The highest BCUT2D eigenvalue weighted by atomic mass is 127. The van der Waals surface area contributed by atoms with Gasteiger partial charge < -0.3 is 0 Å². The molecule has 0 atom stereocenters. The van der Waals surface area contributed by atoms with Gasteiger partial charge in [0.2, 0.25) is 0 Å². The zero-order valence-electron chi connectivity index (χ0n) is 7.53. The van der Waals surface area contributed by atoms with E-state index in [0.717, 1.165) is 19.3 Å². The van der Waals surface area contributed by atoms with Gasteiger partial charge in [-0.05, 0) is 105 Å². The van der Waals surface area contributed by atoms with Crippen LogP contribution < -0.4 is 0 Å². The Morgan fingerprint density at radius 1 is 1.00 bits per heavy atom. The number of unbranched alkanes of at least 4 members (excludes halogenated alkanes) is 1. The summed E-state index contributed by atoms with van der Waals surface area (Å²) in [5.41, 5.74) is 1.40. The zero-order chi connectivity index (χ0) is 10.6. The van der Waals surface area contributed by atoms with E-state index >= 15 is 0 Å². The summed E-state index contributed by atoms with van der Waals surface area (Å²) in [6.45, 7) is 0.0531. The molecule has 0 heterocycles. The van der Waals surface area contributed by atoms with Gasteiger partial charge in [-0.3, -0.25) is 0 Å². The summed E-state index contributed by atoms with van der Waals surface area (Å²) in [5, 5.41) is 10.3. The Morgan fingerprint density at radius 2 is 1.57 bits per heavy atom. The van der Waals surface area contributed by atoms with Gasteiger partial charge in [0.05, 0.1) is 6.61 Å². The molecule has 0 fully saturated rings. The highest BCUT2D eigenvalue weighted by Gasteiger charge is 2.05. The second-order valence-corrected chi connectivity index (χ2v) is 6.58. The first-order chi connectivity index (χ1) is 6.65. The van der Waals surface area contributed by atoms with Gasteiger partial charge in [-0.25, -0.2) is 5.11 Å². The lowest BCUT2D eigenvalue weighted by molar-refractivity contribution is 0.187. The molecule has 14 heavy (non-hydrogen) atoms. The normalized spacial score (nSPS) is 10.6. The molecule has 0 saturated heterocycles. The highest BCUT2D eigenvalue weighted by molar-refractivity contribution is 14.1. The van der Waals surface area contributed by atoms with Crippen LogP contribution in [-0.2, 0) is 11.5 Å². The predicted molar refractivity (Wildman–Crippen MR) is 83.1 cm³/mol. The van der Waals surface area contributed by atoms with E-state index in [1.54, 1.807) is 0 Å². The minimum Gasteiger partial charge on any atom is -0.237 e. The fourth-order valence-electron chi connectivity index (χ4n) is 1.21. The largest absolute Gasteiger partial charge is 0.237 e. The number of halogens is 3. The number of rotatable bonds is 4. The van der Waals surface area contributed by atoms with Crippen molar-refractivity contribution in [2.75, 3.05) is 6.61 Å². The van der Waals surface area contributed by atoms with Crippen molar-refractivity contribution >= 4 is 67.8 Å². The maximum absolute atomic E-state index is 10.3. The predicted octanol–water partition coefficient (Wildman–Crippen LogP) is 4.25. The summed E-state index contributed by atoms with van der Waals surface area (Å²) in [7, 11) is 0. The van der Waals surface area contributed by atoms with E-state index in [2.05, 4.69) is 79.9 Å². The van der Waals surface area contributed by atoms with Crippen molar-refractivity contribution in [2.24, 2.45) is 0 Å². The highest BCUT2D eigenvalue weighted by Crippen LogP contribution is 2.24. The third kappa shape index (κ3) is 4.09. The van der Waals surface area contributed by atoms with Crippen LogP contribution in [0.4, 0.5) is 0 Å². The molecule has 0 unspecified atom stereocenters. The molecular weight excluding hydrogens is 517 g/mol. The first kappa shape index (κ1) is 13.4. The lowest BCUT2D eigenvalue weighted by atomic mass is 10.1. The Kier molecular flexibility index (Phi) is 6.57. The Hall–Kier alpha value is 1.37. The molecule has 0 amide bonds. The molecule has 0 aliphatic carbocycles. The monoisotopic (exact) mass is 527 g/mol. The van der Waals surface area contributed by atoms with E-state index < -0.39 is 0 Å². The Bertz CT molecular complexity index is 289. The molecule has 0 bridgehead atoms. The van der Waals surface area contributed by atoms with Gasteiger partial charge >= 0.3 is 0 Å². The van der Waals surface area contributed by atoms with Crippen LogP contribution in [0.5, 0.6) is 0 Å². The molecular formula is C10H10I3O. The topological polar surface area (TPSA) is 19.9 Å². The number of hydrogen-bond acceptors (Lipinski definition) is 0. The lowest BCUT2D eigenvalue weighted by Gasteiger charge is -2.07. The van der Waals surface area contributed by atoms with Gasteiger partial charge in [-0.15, -0.1) is 0 Å². The van der Waals surface area contributed by atoms with Crippen molar-refractivity contribution in [3.05, 3.63) is 28.4 Å². The second-order valence-electron chi connectivity index (χ2n) is 3.01. The number of benzene rings is 1. The van der Waals surface area contributed by atoms with Gasteiger partial charge in [-0.1, -0.05) is 0 Å². The molecule has 77 valence electrons. The minimum absolute atomic E-state index is 0.0531. The molecule has 0 spiro atoms. The molecule has 0 aliphatic heterocycles. The van der Waals surface area contributed by atoms with Crippen molar-refractivity contribution in [3.63, 3.8) is 0 Å². The summed E-state index contributed by atoms with van der Waals surface area (Å²) in [6, 6.07) is 4.38. The van der Waals surface area contributed by atoms with E-state index in [1.165, 1.54) is 16.3 Å². The molecule has 1 rings (SSSR count). The summed E-state index contributed by atoms with van der Waals surface area (Å²) in [4.78, 5) is 0.